The number of primary amides is 2. The zero-order valence-corrected chi connectivity index (χ0v) is 10.4. The maximum Gasteiger partial charge on any atom is 0.328 e. The highest BCUT2D eigenvalue weighted by atomic mass is 16.4. The predicted molar refractivity (Wildman–Crippen MR) is 65.8 cm³/mol. The minimum absolute atomic E-state index is 0.0810. The molecule has 2 amide bonds. The van der Waals surface area contributed by atoms with Gasteiger partial charge in [-0.3, -0.25) is 14.4 Å². The van der Waals surface area contributed by atoms with Crippen LogP contribution in [0.4, 0.5) is 0 Å². The fraction of sp³-hybridized carbons (Fsp3) is 0.273. The summed E-state index contributed by atoms with van der Waals surface area (Å²) in [5, 5.41) is 16.2. The molecule has 0 aromatic rings. The van der Waals surface area contributed by atoms with E-state index in [9.17, 15) is 19.2 Å². The summed E-state index contributed by atoms with van der Waals surface area (Å²) in [7, 11) is 0. The number of carboxylic acid groups (broad SMARTS) is 2. The number of rotatable bonds is 6. The van der Waals surface area contributed by atoms with Gasteiger partial charge in [-0.05, 0) is 6.42 Å². The Morgan fingerprint density at radius 1 is 1.11 bits per heavy atom. The van der Waals surface area contributed by atoms with Crippen molar-refractivity contribution >= 4 is 23.8 Å². The average Bonchev–Trinajstić information content (AvgIpc) is 2.25. The molecule has 8 nitrogen and oxygen atoms in total. The number of amides is 2. The molecule has 0 aromatic carbocycles. The van der Waals surface area contributed by atoms with E-state index in [1.54, 1.807) is 6.92 Å². The van der Waals surface area contributed by atoms with E-state index in [0.717, 1.165) is 6.08 Å². The van der Waals surface area contributed by atoms with Gasteiger partial charge in [-0.2, -0.15) is 0 Å². The van der Waals surface area contributed by atoms with E-state index in [1.807, 2.05) is 0 Å². The maximum atomic E-state index is 10.4. The van der Waals surface area contributed by atoms with Gasteiger partial charge in [0.25, 0.3) is 0 Å². The summed E-state index contributed by atoms with van der Waals surface area (Å²) in [5.41, 5.74) is 9.56. The molecule has 0 fully saturated rings. The van der Waals surface area contributed by atoms with Crippen molar-refractivity contribution in [3.05, 3.63) is 23.8 Å². The lowest BCUT2D eigenvalue weighted by molar-refractivity contribution is -0.137. The third kappa shape index (κ3) is 11.6. The van der Waals surface area contributed by atoms with E-state index in [2.05, 4.69) is 12.3 Å². The molecule has 0 aliphatic carbocycles. The molecule has 0 heterocycles. The molecule has 0 rings (SSSR count). The third-order valence-corrected chi connectivity index (χ3v) is 1.71. The summed E-state index contributed by atoms with van der Waals surface area (Å²) in [6.45, 7) is 4.81. The van der Waals surface area contributed by atoms with Crippen LogP contribution in [0.15, 0.2) is 23.8 Å². The van der Waals surface area contributed by atoms with Crippen LogP contribution in [0.5, 0.6) is 0 Å². The zero-order valence-electron chi connectivity index (χ0n) is 10.4. The molecule has 0 unspecified atom stereocenters. The summed E-state index contributed by atoms with van der Waals surface area (Å²) in [6.07, 6.45) is 0.791. The van der Waals surface area contributed by atoms with Crippen LogP contribution < -0.4 is 11.5 Å². The highest BCUT2D eigenvalue weighted by molar-refractivity contribution is 5.97. The Morgan fingerprint density at radius 2 is 1.58 bits per heavy atom. The van der Waals surface area contributed by atoms with Crippen molar-refractivity contribution in [2.45, 2.75) is 19.8 Å². The lowest BCUT2D eigenvalue weighted by Gasteiger charge is -1.93. The molecular formula is C11H16N2O6. The molecule has 0 saturated carbocycles. The van der Waals surface area contributed by atoms with E-state index >= 15 is 0 Å². The van der Waals surface area contributed by atoms with Crippen molar-refractivity contribution in [2.75, 3.05) is 0 Å². The average molecular weight is 272 g/mol. The van der Waals surface area contributed by atoms with E-state index in [-0.39, 0.29) is 17.6 Å². The van der Waals surface area contributed by atoms with Crippen molar-refractivity contribution in [3.8, 4) is 0 Å². The van der Waals surface area contributed by atoms with Gasteiger partial charge >= 0.3 is 11.9 Å². The minimum Gasteiger partial charge on any atom is -0.481 e. The van der Waals surface area contributed by atoms with Gasteiger partial charge in [-0.25, -0.2) is 4.79 Å². The number of carbonyl (C=O) groups is 4. The summed E-state index contributed by atoms with van der Waals surface area (Å²) in [5.74, 6) is -3.68. The van der Waals surface area contributed by atoms with Crippen molar-refractivity contribution in [1.29, 1.82) is 0 Å². The van der Waals surface area contributed by atoms with E-state index < -0.39 is 23.8 Å². The fourth-order valence-corrected chi connectivity index (χ4v) is 0.766. The molecule has 8 heteroatoms. The summed E-state index contributed by atoms with van der Waals surface area (Å²) < 4.78 is 0. The van der Waals surface area contributed by atoms with Gasteiger partial charge in [0.05, 0.1) is 6.42 Å². The summed E-state index contributed by atoms with van der Waals surface area (Å²) in [4.78, 5) is 40.3. The Kier molecular flexibility index (Phi) is 9.26. The second-order valence-corrected chi connectivity index (χ2v) is 3.26. The third-order valence-electron chi connectivity index (χ3n) is 1.71. The van der Waals surface area contributed by atoms with E-state index in [1.165, 1.54) is 0 Å². The van der Waals surface area contributed by atoms with Gasteiger partial charge in [-0.1, -0.05) is 13.5 Å². The van der Waals surface area contributed by atoms with E-state index in [0.29, 0.717) is 6.42 Å². The molecule has 0 aliphatic rings. The number of hydrogen-bond donors (Lipinski definition) is 4. The summed E-state index contributed by atoms with van der Waals surface area (Å²) in [6, 6.07) is 0. The normalized spacial score (nSPS) is 9.84. The molecule has 0 aliphatic heterocycles. The molecule has 106 valence electrons. The highest BCUT2D eigenvalue weighted by Crippen LogP contribution is 1.97. The van der Waals surface area contributed by atoms with Gasteiger partial charge < -0.3 is 21.7 Å². The molecular weight excluding hydrogens is 256 g/mol. The van der Waals surface area contributed by atoms with Gasteiger partial charge in [0.15, 0.2) is 0 Å². The van der Waals surface area contributed by atoms with Gasteiger partial charge in [0, 0.05) is 17.2 Å². The molecule has 0 radical (unpaired) electrons. The maximum absolute atomic E-state index is 10.4. The smallest absolute Gasteiger partial charge is 0.328 e. The molecule has 0 saturated heterocycles. The molecule has 0 bridgehead atoms. The Morgan fingerprint density at radius 3 is 1.68 bits per heavy atom. The van der Waals surface area contributed by atoms with Crippen molar-refractivity contribution in [2.24, 2.45) is 11.5 Å². The number of carbonyl (C=O) groups excluding carboxylic acids is 2. The molecule has 6 N–H and O–H groups in total. The molecule has 19 heavy (non-hydrogen) atoms. The van der Waals surface area contributed by atoms with Crippen LogP contribution in [0.25, 0.3) is 0 Å². The number of nitrogens with two attached hydrogens (primary N) is 2. The largest absolute Gasteiger partial charge is 0.481 e. The first-order valence-electron chi connectivity index (χ1n) is 5.04. The van der Waals surface area contributed by atoms with Crippen molar-refractivity contribution < 1.29 is 29.4 Å². The second kappa shape index (κ2) is 9.40. The number of carboxylic acids is 2. The monoisotopic (exact) mass is 272 g/mol. The lowest BCUT2D eigenvalue weighted by Crippen LogP contribution is -2.15. The van der Waals surface area contributed by atoms with Crippen molar-refractivity contribution in [1.82, 2.24) is 0 Å². The Hall–Kier alpha value is -2.64. The van der Waals surface area contributed by atoms with Crippen LogP contribution in [-0.4, -0.2) is 34.0 Å². The van der Waals surface area contributed by atoms with Crippen molar-refractivity contribution in [3.63, 3.8) is 0 Å². The number of hydrogen-bond acceptors (Lipinski definition) is 4. The van der Waals surface area contributed by atoms with Gasteiger partial charge in [0.1, 0.15) is 0 Å². The zero-order chi connectivity index (χ0) is 15.6. The SMILES string of the molecule is C=C(CC(=O)O)C(N)=O.CCC(=CC(=O)O)C(N)=O. The first-order chi connectivity index (χ1) is 8.61. The predicted octanol–water partition coefficient (Wildman–Crippen LogP) is -0.605. The van der Waals surface area contributed by atoms with Crippen LogP contribution in [0.2, 0.25) is 0 Å². The van der Waals surface area contributed by atoms with Crippen LogP contribution in [0, 0.1) is 0 Å². The van der Waals surface area contributed by atoms with Crippen LogP contribution in [-0.2, 0) is 19.2 Å². The van der Waals surface area contributed by atoms with Crippen LogP contribution in [0.1, 0.15) is 19.8 Å². The first-order valence-corrected chi connectivity index (χ1v) is 5.04. The second-order valence-electron chi connectivity index (χ2n) is 3.26. The van der Waals surface area contributed by atoms with Crippen LogP contribution in [0.3, 0.4) is 0 Å². The quantitative estimate of drug-likeness (QED) is 0.472. The van der Waals surface area contributed by atoms with E-state index in [4.69, 9.17) is 15.9 Å². The Bertz CT molecular complexity index is 425. The van der Waals surface area contributed by atoms with Gasteiger partial charge in [0.2, 0.25) is 11.8 Å². The highest BCUT2D eigenvalue weighted by Gasteiger charge is 2.05. The lowest BCUT2D eigenvalue weighted by atomic mass is 10.2. The summed E-state index contributed by atoms with van der Waals surface area (Å²) >= 11 is 0. The molecule has 0 aromatic heterocycles. The molecule has 0 spiro atoms. The van der Waals surface area contributed by atoms with Crippen LogP contribution >= 0.6 is 0 Å². The first kappa shape index (κ1) is 18.7. The topological polar surface area (TPSA) is 161 Å². The Labute approximate surface area is 109 Å². The standard InChI is InChI=1S/C6H9NO3.C5H7NO3/c1-2-4(6(7)10)3-5(8)9;1-3(5(6)9)2-4(7)8/h3H,2H2,1H3,(H2,7,10)(H,8,9);1-2H2,(H2,6,9)(H,7,8). The fourth-order valence-electron chi connectivity index (χ4n) is 0.766. The molecule has 0 atom stereocenters. The number of aliphatic carboxylic acids is 2. The Balaban J connectivity index is 0. The minimum atomic E-state index is -1.14. The van der Waals surface area contributed by atoms with Gasteiger partial charge in [-0.15, -0.1) is 0 Å².